The Bertz CT molecular complexity index is 2510. The Morgan fingerprint density at radius 2 is 1.44 bits per heavy atom. The van der Waals surface area contributed by atoms with Gasteiger partial charge in [-0.1, -0.05) is 118 Å². The SMILES string of the molecule is CC(C)Cc1cc(-c2[c-]cccc2)ncc1[Si](C)(C)C.CC(c1ccccc1)c1ccnc(-c2[c-]ccc3c2sc2cc(-c4ccc(F)cc4)ccc23)c1.[Ir]. The maximum absolute atomic E-state index is 13.4. The van der Waals surface area contributed by atoms with Gasteiger partial charge >= 0.3 is 0 Å². The normalized spacial score (nSPS) is 11.9. The predicted molar refractivity (Wildman–Crippen MR) is 231 cm³/mol. The molecule has 1 atom stereocenters. The molecule has 8 aromatic rings. The van der Waals surface area contributed by atoms with E-state index in [-0.39, 0.29) is 31.8 Å². The van der Waals surface area contributed by atoms with E-state index < -0.39 is 8.07 Å². The van der Waals surface area contributed by atoms with Crippen molar-refractivity contribution in [1.29, 1.82) is 0 Å². The number of aromatic nitrogens is 2. The molecule has 1 radical (unpaired) electrons. The molecule has 0 N–H and O–H groups in total. The summed E-state index contributed by atoms with van der Waals surface area (Å²) in [5, 5.41) is 3.92. The van der Waals surface area contributed by atoms with E-state index in [4.69, 9.17) is 4.98 Å². The fourth-order valence-electron chi connectivity index (χ4n) is 7.02. The minimum atomic E-state index is -1.34. The van der Waals surface area contributed by atoms with Crippen LogP contribution in [0.2, 0.25) is 19.6 Å². The van der Waals surface area contributed by atoms with Crippen LogP contribution in [0.4, 0.5) is 4.39 Å². The predicted octanol–water partition coefficient (Wildman–Crippen LogP) is 13.2. The van der Waals surface area contributed by atoms with Crippen molar-refractivity contribution in [3.63, 3.8) is 0 Å². The summed E-state index contributed by atoms with van der Waals surface area (Å²) < 4.78 is 15.8. The zero-order valence-electron chi connectivity index (χ0n) is 32.2. The Balaban J connectivity index is 0.000000211. The minimum Gasteiger partial charge on any atom is -0.305 e. The van der Waals surface area contributed by atoms with Crippen LogP contribution in [0.25, 0.3) is 53.8 Å². The van der Waals surface area contributed by atoms with Crippen molar-refractivity contribution in [2.24, 2.45) is 5.92 Å². The largest absolute Gasteiger partial charge is 0.305 e. The van der Waals surface area contributed by atoms with Crippen LogP contribution in [-0.2, 0) is 26.5 Å². The molecule has 0 amide bonds. The average molecular weight is 933 g/mol. The van der Waals surface area contributed by atoms with Gasteiger partial charge in [-0.2, -0.15) is 11.3 Å². The molecule has 8 rings (SSSR count). The van der Waals surface area contributed by atoms with Gasteiger partial charge in [0, 0.05) is 43.1 Å². The topological polar surface area (TPSA) is 25.8 Å². The molecule has 0 fully saturated rings. The first-order valence-corrected chi connectivity index (χ1v) is 23.0. The van der Waals surface area contributed by atoms with Crippen LogP contribution < -0.4 is 5.19 Å². The second kappa shape index (κ2) is 17.5. The van der Waals surface area contributed by atoms with Gasteiger partial charge in [0.2, 0.25) is 0 Å². The molecule has 3 heterocycles. The van der Waals surface area contributed by atoms with Gasteiger partial charge in [-0.25, -0.2) is 4.39 Å². The molecule has 0 saturated heterocycles. The molecular formula is C49H45FIrN2SSi-2. The van der Waals surface area contributed by atoms with Crippen molar-refractivity contribution >= 4 is 44.8 Å². The van der Waals surface area contributed by atoms with Gasteiger partial charge in [-0.3, -0.25) is 0 Å². The second-order valence-corrected chi connectivity index (χ2v) is 21.5. The molecule has 0 saturated carbocycles. The first kappa shape index (κ1) is 40.1. The zero-order chi connectivity index (χ0) is 37.8. The molecular weight excluding hydrogens is 888 g/mol. The van der Waals surface area contributed by atoms with Crippen molar-refractivity contribution in [1.82, 2.24) is 9.97 Å². The maximum atomic E-state index is 13.4. The quantitative estimate of drug-likeness (QED) is 0.112. The van der Waals surface area contributed by atoms with E-state index in [1.165, 1.54) is 54.2 Å². The molecule has 0 spiro atoms. The summed E-state index contributed by atoms with van der Waals surface area (Å²) in [6.45, 7) is 14.0. The van der Waals surface area contributed by atoms with Gasteiger partial charge in [-0.05, 0) is 85.5 Å². The third kappa shape index (κ3) is 9.28. The summed E-state index contributed by atoms with van der Waals surface area (Å²) >= 11 is 1.76. The first-order valence-electron chi connectivity index (χ1n) is 18.7. The Morgan fingerprint density at radius 3 is 2.15 bits per heavy atom. The van der Waals surface area contributed by atoms with Gasteiger partial charge in [-0.15, -0.1) is 59.7 Å². The molecule has 0 aliphatic rings. The monoisotopic (exact) mass is 933 g/mol. The molecule has 279 valence electrons. The van der Waals surface area contributed by atoms with Crippen molar-refractivity contribution in [3.05, 3.63) is 174 Å². The van der Waals surface area contributed by atoms with Crippen LogP contribution in [0.5, 0.6) is 0 Å². The van der Waals surface area contributed by atoms with E-state index in [1.54, 1.807) is 11.3 Å². The number of benzene rings is 5. The Hall–Kier alpha value is -4.58. The first-order chi connectivity index (χ1) is 26.0. The Morgan fingerprint density at radius 1 is 0.691 bits per heavy atom. The average Bonchev–Trinajstić information content (AvgIpc) is 3.56. The zero-order valence-corrected chi connectivity index (χ0v) is 36.4. The van der Waals surface area contributed by atoms with Crippen LogP contribution in [0.15, 0.2) is 140 Å². The van der Waals surface area contributed by atoms with E-state index >= 15 is 0 Å². The van der Waals surface area contributed by atoms with Crippen LogP contribution in [0.1, 0.15) is 43.4 Å². The maximum Gasteiger partial charge on any atom is 0.123 e. The summed E-state index contributed by atoms with van der Waals surface area (Å²) in [6.07, 6.45) is 5.14. The summed E-state index contributed by atoms with van der Waals surface area (Å²) in [5.74, 6) is 0.728. The number of halogens is 1. The van der Waals surface area contributed by atoms with E-state index in [1.807, 2.05) is 48.7 Å². The van der Waals surface area contributed by atoms with E-state index in [0.717, 1.165) is 40.1 Å². The number of hydrogen-bond acceptors (Lipinski definition) is 3. The molecule has 0 aliphatic heterocycles. The number of pyridine rings is 2. The Labute approximate surface area is 343 Å². The van der Waals surface area contributed by atoms with Crippen molar-refractivity contribution in [2.45, 2.75) is 52.8 Å². The summed E-state index contributed by atoms with van der Waals surface area (Å²) in [7, 11) is -1.34. The van der Waals surface area contributed by atoms with Crippen LogP contribution in [0.3, 0.4) is 0 Å². The van der Waals surface area contributed by atoms with Gasteiger partial charge in [0.05, 0.1) is 8.07 Å². The van der Waals surface area contributed by atoms with Gasteiger partial charge < -0.3 is 9.97 Å². The van der Waals surface area contributed by atoms with Crippen molar-refractivity contribution < 1.29 is 24.5 Å². The number of thiophene rings is 1. The van der Waals surface area contributed by atoms with Crippen molar-refractivity contribution in [3.8, 4) is 33.6 Å². The van der Waals surface area contributed by atoms with Gasteiger partial charge in [0.15, 0.2) is 0 Å². The van der Waals surface area contributed by atoms with E-state index in [9.17, 15) is 4.39 Å². The summed E-state index contributed by atoms with van der Waals surface area (Å²) in [6, 6.07) is 49.2. The molecule has 5 aromatic carbocycles. The van der Waals surface area contributed by atoms with Crippen LogP contribution >= 0.6 is 11.3 Å². The number of hydrogen-bond donors (Lipinski definition) is 0. The molecule has 0 aliphatic carbocycles. The van der Waals surface area contributed by atoms with E-state index in [2.05, 4.69) is 137 Å². The number of rotatable bonds is 8. The Kier molecular flexibility index (Phi) is 12.7. The number of fused-ring (bicyclic) bond motifs is 3. The fourth-order valence-corrected chi connectivity index (χ4v) is 9.86. The van der Waals surface area contributed by atoms with Crippen LogP contribution in [0, 0.1) is 23.9 Å². The van der Waals surface area contributed by atoms with Gasteiger partial charge in [0.25, 0.3) is 0 Å². The smallest absolute Gasteiger partial charge is 0.123 e. The molecule has 2 nitrogen and oxygen atoms in total. The van der Waals surface area contributed by atoms with Crippen LogP contribution in [-0.4, -0.2) is 18.0 Å². The second-order valence-electron chi connectivity index (χ2n) is 15.4. The third-order valence-electron chi connectivity index (χ3n) is 9.86. The fraction of sp³-hybridized carbons (Fsp3) is 0.184. The molecule has 6 heteroatoms. The third-order valence-corrected chi connectivity index (χ3v) is 13.1. The molecule has 55 heavy (non-hydrogen) atoms. The number of nitrogens with zero attached hydrogens (tertiary/aromatic N) is 2. The minimum absolute atomic E-state index is 0. The standard InChI is InChI=1S/C31H21FNS.C18H24NSi.Ir/c1-20(21-6-3-2-4-7-21)23-16-17-33-29(18-23)28-9-5-8-27-26-15-12-24(19-30(26)34-31(27)28)22-10-13-25(32)14-11-22;1-14(2)11-16-12-17(15-9-7-6-8-10-15)19-13-18(16)20(3,4)5;/h2-8,10-20H,1H3;6-9,12-14H,11H2,1-5H3;/q2*-1;. The van der Waals surface area contributed by atoms with Crippen molar-refractivity contribution in [2.75, 3.05) is 0 Å². The van der Waals surface area contributed by atoms with Gasteiger partial charge in [0.1, 0.15) is 5.82 Å². The molecule has 1 unspecified atom stereocenters. The summed E-state index contributed by atoms with van der Waals surface area (Å²) in [5.41, 5.74) is 10.2. The molecule has 3 aromatic heterocycles. The molecule has 0 bridgehead atoms. The van der Waals surface area contributed by atoms with E-state index in [0.29, 0.717) is 5.92 Å². The summed E-state index contributed by atoms with van der Waals surface area (Å²) in [4.78, 5) is 9.41.